The number of likely N-dealkylation sites (tertiary alicyclic amines) is 1. The first-order valence-corrected chi connectivity index (χ1v) is 9.70. The van der Waals surface area contributed by atoms with Crippen LogP contribution in [0.5, 0.6) is 0 Å². The van der Waals surface area contributed by atoms with Gasteiger partial charge in [-0.15, -0.1) is 0 Å². The highest BCUT2D eigenvalue weighted by Gasteiger charge is 2.39. The van der Waals surface area contributed by atoms with E-state index >= 15 is 0 Å². The molecule has 128 valence electrons. The van der Waals surface area contributed by atoms with E-state index in [-0.39, 0.29) is 0 Å². The smallest absolute Gasteiger partial charge is 0.0936 e. The van der Waals surface area contributed by atoms with Crippen LogP contribution in [-0.2, 0) is 5.60 Å². The SMILES string of the molecule is Cc1ccc(C2(O)CCCCCCC2CN2CCCCC2)cc1. The van der Waals surface area contributed by atoms with Crippen molar-refractivity contribution in [2.24, 2.45) is 5.92 Å². The molecule has 0 bridgehead atoms. The first-order chi connectivity index (χ1) is 11.2. The molecule has 0 aromatic heterocycles. The molecule has 1 aliphatic heterocycles. The van der Waals surface area contributed by atoms with Gasteiger partial charge in [0.15, 0.2) is 0 Å². The molecule has 1 heterocycles. The van der Waals surface area contributed by atoms with Gasteiger partial charge in [-0.05, 0) is 51.3 Å². The Balaban J connectivity index is 1.82. The lowest BCUT2D eigenvalue weighted by molar-refractivity contribution is -0.0557. The number of hydrogen-bond donors (Lipinski definition) is 1. The van der Waals surface area contributed by atoms with Crippen LogP contribution < -0.4 is 0 Å². The van der Waals surface area contributed by atoms with Crippen LogP contribution in [0, 0.1) is 12.8 Å². The largest absolute Gasteiger partial charge is 0.385 e. The van der Waals surface area contributed by atoms with Crippen LogP contribution in [0.1, 0.15) is 68.9 Å². The molecule has 2 fully saturated rings. The summed E-state index contributed by atoms with van der Waals surface area (Å²) < 4.78 is 0. The average Bonchev–Trinajstić information content (AvgIpc) is 2.56. The van der Waals surface area contributed by atoms with E-state index in [9.17, 15) is 5.11 Å². The maximum Gasteiger partial charge on any atom is 0.0936 e. The number of hydrogen-bond acceptors (Lipinski definition) is 2. The molecule has 2 aliphatic rings. The highest BCUT2D eigenvalue weighted by Crippen LogP contribution is 2.40. The predicted octanol–water partition coefficient (Wildman–Crippen LogP) is 4.64. The summed E-state index contributed by atoms with van der Waals surface area (Å²) >= 11 is 0. The highest BCUT2D eigenvalue weighted by atomic mass is 16.3. The van der Waals surface area contributed by atoms with Crippen molar-refractivity contribution in [2.75, 3.05) is 19.6 Å². The van der Waals surface area contributed by atoms with Crippen molar-refractivity contribution in [3.8, 4) is 0 Å². The molecule has 0 radical (unpaired) electrons. The van der Waals surface area contributed by atoms with Crippen LogP contribution in [0.2, 0.25) is 0 Å². The maximum atomic E-state index is 11.7. The fourth-order valence-electron chi connectivity index (χ4n) is 4.50. The molecule has 1 aromatic carbocycles. The van der Waals surface area contributed by atoms with Crippen molar-refractivity contribution in [2.45, 2.75) is 70.3 Å². The Morgan fingerprint density at radius 2 is 1.61 bits per heavy atom. The van der Waals surface area contributed by atoms with Gasteiger partial charge in [-0.2, -0.15) is 0 Å². The van der Waals surface area contributed by atoms with Gasteiger partial charge in [0.1, 0.15) is 0 Å². The van der Waals surface area contributed by atoms with Gasteiger partial charge in [0, 0.05) is 12.5 Å². The first-order valence-electron chi connectivity index (χ1n) is 9.70. The summed E-state index contributed by atoms with van der Waals surface area (Å²) in [6.07, 6.45) is 11.2. The Kier molecular flexibility index (Phi) is 5.76. The van der Waals surface area contributed by atoms with Crippen molar-refractivity contribution >= 4 is 0 Å². The van der Waals surface area contributed by atoms with E-state index in [4.69, 9.17) is 0 Å². The lowest BCUT2D eigenvalue weighted by Crippen LogP contribution is -2.44. The highest BCUT2D eigenvalue weighted by molar-refractivity contribution is 5.27. The van der Waals surface area contributed by atoms with Gasteiger partial charge in [0.2, 0.25) is 0 Å². The molecule has 2 heteroatoms. The third-order valence-corrected chi connectivity index (χ3v) is 6.01. The molecule has 2 atom stereocenters. The van der Waals surface area contributed by atoms with Crippen molar-refractivity contribution in [3.63, 3.8) is 0 Å². The van der Waals surface area contributed by atoms with Gasteiger partial charge in [-0.1, -0.05) is 61.9 Å². The van der Waals surface area contributed by atoms with E-state index in [0.29, 0.717) is 5.92 Å². The fourth-order valence-corrected chi connectivity index (χ4v) is 4.50. The number of aliphatic hydroxyl groups is 1. The van der Waals surface area contributed by atoms with Crippen LogP contribution >= 0.6 is 0 Å². The topological polar surface area (TPSA) is 23.5 Å². The standard InChI is InChI=1S/C21H33NO/c1-18-10-12-19(13-11-18)21(23)14-6-3-2-5-9-20(21)17-22-15-7-4-8-16-22/h10-13,20,23H,2-9,14-17H2,1H3. The summed E-state index contributed by atoms with van der Waals surface area (Å²) in [7, 11) is 0. The van der Waals surface area contributed by atoms with Crippen molar-refractivity contribution < 1.29 is 5.11 Å². The molecule has 0 spiro atoms. The van der Waals surface area contributed by atoms with E-state index < -0.39 is 5.60 Å². The third-order valence-electron chi connectivity index (χ3n) is 6.01. The van der Waals surface area contributed by atoms with Crippen molar-refractivity contribution in [3.05, 3.63) is 35.4 Å². The number of benzene rings is 1. The summed E-state index contributed by atoms with van der Waals surface area (Å²) in [5.74, 6) is 0.378. The van der Waals surface area contributed by atoms with Crippen LogP contribution in [0.15, 0.2) is 24.3 Å². The lowest BCUT2D eigenvalue weighted by Gasteiger charge is -2.42. The Hall–Kier alpha value is -0.860. The summed E-state index contributed by atoms with van der Waals surface area (Å²) in [5.41, 5.74) is 1.79. The predicted molar refractivity (Wildman–Crippen MR) is 96.6 cm³/mol. The second-order valence-corrected chi connectivity index (χ2v) is 7.80. The Morgan fingerprint density at radius 3 is 2.35 bits per heavy atom. The Bertz CT molecular complexity index is 477. The number of piperidine rings is 1. The molecule has 2 unspecified atom stereocenters. The Labute approximate surface area is 141 Å². The summed E-state index contributed by atoms with van der Waals surface area (Å²) in [4.78, 5) is 2.61. The van der Waals surface area contributed by atoms with Gasteiger partial charge in [0.05, 0.1) is 5.60 Å². The monoisotopic (exact) mass is 315 g/mol. The quantitative estimate of drug-likeness (QED) is 0.878. The summed E-state index contributed by atoms with van der Waals surface area (Å²) in [5, 5.41) is 11.7. The molecule has 1 aromatic rings. The molecule has 1 aliphatic carbocycles. The van der Waals surface area contributed by atoms with E-state index in [1.807, 2.05) is 0 Å². The average molecular weight is 316 g/mol. The molecule has 0 amide bonds. The minimum Gasteiger partial charge on any atom is -0.385 e. The molecule has 1 saturated heterocycles. The fraction of sp³-hybridized carbons (Fsp3) is 0.714. The van der Waals surface area contributed by atoms with Gasteiger partial charge >= 0.3 is 0 Å². The molecular weight excluding hydrogens is 282 g/mol. The van der Waals surface area contributed by atoms with Gasteiger partial charge in [0.25, 0.3) is 0 Å². The third kappa shape index (κ3) is 4.16. The molecular formula is C21H33NO. The first kappa shape index (κ1) is 17.0. The molecule has 3 rings (SSSR count). The zero-order valence-electron chi connectivity index (χ0n) is 14.8. The molecule has 23 heavy (non-hydrogen) atoms. The van der Waals surface area contributed by atoms with Gasteiger partial charge < -0.3 is 10.0 Å². The van der Waals surface area contributed by atoms with Crippen molar-refractivity contribution in [1.82, 2.24) is 4.90 Å². The lowest BCUT2D eigenvalue weighted by atomic mass is 9.73. The second kappa shape index (κ2) is 7.81. The van der Waals surface area contributed by atoms with E-state index in [1.54, 1.807) is 0 Å². The minimum atomic E-state index is -0.633. The van der Waals surface area contributed by atoms with Crippen LogP contribution in [-0.4, -0.2) is 29.6 Å². The van der Waals surface area contributed by atoms with Crippen molar-refractivity contribution in [1.29, 1.82) is 0 Å². The van der Waals surface area contributed by atoms with Crippen LogP contribution in [0.3, 0.4) is 0 Å². The van der Waals surface area contributed by atoms with Crippen LogP contribution in [0.4, 0.5) is 0 Å². The number of rotatable bonds is 3. The number of nitrogens with zero attached hydrogens (tertiary/aromatic N) is 1. The summed E-state index contributed by atoms with van der Waals surface area (Å²) in [6.45, 7) is 5.64. The Morgan fingerprint density at radius 1 is 0.957 bits per heavy atom. The van der Waals surface area contributed by atoms with Crippen LogP contribution in [0.25, 0.3) is 0 Å². The van der Waals surface area contributed by atoms with E-state index in [2.05, 4.69) is 36.1 Å². The number of aryl methyl sites for hydroxylation is 1. The molecule has 2 nitrogen and oxygen atoms in total. The molecule has 1 saturated carbocycles. The normalized spacial score (nSPS) is 30.6. The summed E-state index contributed by atoms with van der Waals surface area (Å²) in [6, 6.07) is 8.65. The van der Waals surface area contributed by atoms with Gasteiger partial charge in [-0.3, -0.25) is 0 Å². The zero-order valence-corrected chi connectivity index (χ0v) is 14.8. The minimum absolute atomic E-state index is 0.378. The second-order valence-electron chi connectivity index (χ2n) is 7.80. The van der Waals surface area contributed by atoms with E-state index in [1.165, 1.54) is 63.6 Å². The zero-order chi connectivity index (χ0) is 16.1. The molecule has 1 N–H and O–H groups in total. The van der Waals surface area contributed by atoms with Gasteiger partial charge in [-0.25, -0.2) is 0 Å². The van der Waals surface area contributed by atoms with E-state index in [0.717, 1.165) is 24.9 Å². The maximum absolute atomic E-state index is 11.7.